The van der Waals surface area contributed by atoms with E-state index in [2.05, 4.69) is 24.1 Å². The van der Waals surface area contributed by atoms with Crippen LogP contribution in [-0.2, 0) is 4.74 Å². The molecule has 0 amide bonds. The summed E-state index contributed by atoms with van der Waals surface area (Å²) in [7, 11) is 0. The van der Waals surface area contributed by atoms with Crippen LogP contribution in [0.25, 0.3) is 0 Å². The lowest BCUT2D eigenvalue weighted by Gasteiger charge is -2.36. The quantitative estimate of drug-likeness (QED) is 0.833. The van der Waals surface area contributed by atoms with Crippen LogP contribution in [0.1, 0.15) is 32.3 Å². The number of rotatable bonds is 2. The second-order valence-corrected chi connectivity index (χ2v) is 6.12. The van der Waals surface area contributed by atoms with Crippen molar-refractivity contribution in [3.05, 3.63) is 21.9 Å². The fourth-order valence-electron chi connectivity index (χ4n) is 2.33. The van der Waals surface area contributed by atoms with Gasteiger partial charge in [0.15, 0.2) is 5.15 Å². The molecule has 5 heteroatoms. The Morgan fingerprint density at radius 1 is 1.44 bits per heavy atom. The summed E-state index contributed by atoms with van der Waals surface area (Å²) in [5.41, 5.74) is 1.81. The molecule has 1 saturated heterocycles. The smallest absolute Gasteiger partial charge is 0.154 e. The number of nitrogens with one attached hydrogen (secondary N) is 1. The van der Waals surface area contributed by atoms with Crippen molar-refractivity contribution in [2.45, 2.75) is 45.3 Å². The van der Waals surface area contributed by atoms with Crippen LogP contribution < -0.4 is 5.32 Å². The Morgan fingerprint density at radius 3 is 2.78 bits per heavy atom. The van der Waals surface area contributed by atoms with Gasteiger partial charge in [0.2, 0.25) is 0 Å². The molecule has 2 rings (SSSR count). The maximum Gasteiger partial charge on any atom is 0.154 e. The third-order valence-corrected chi connectivity index (χ3v) is 3.65. The van der Waals surface area contributed by atoms with Gasteiger partial charge in [0.1, 0.15) is 5.15 Å². The van der Waals surface area contributed by atoms with Crippen molar-refractivity contribution in [2.75, 3.05) is 11.9 Å². The Bertz CT molecular complexity index is 426. The molecule has 1 N–H and O–H groups in total. The van der Waals surface area contributed by atoms with E-state index in [1.165, 1.54) is 0 Å². The standard InChI is InChI=1S/C13H18Cl2N2O/c1-8-6-10(14)17-12(15)11(8)16-9-4-5-18-13(2,3)7-9/h6,9,16H,4-5,7H2,1-3H3. The third kappa shape index (κ3) is 3.28. The van der Waals surface area contributed by atoms with Gasteiger partial charge < -0.3 is 10.1 Å². The molecule has 0 spiro atoms. The molecule has 0 aromatic carbocycles. The number of nitrogens with zero attached hydrogens (tertiary/aromatic N) is 1. The van der Waals surface area contributed by atoms with E-state index >= 15 is 0 Å². The number of pyridine rings is 1. The van der Waals surface area contributed by atoms with Crippen LogP contribution >= 0.6 is 23.2 Å². The molecule has 1 atom stereocenters. The van der Waals surface area contributed by atoms with Crippen LogP contribution in [0.4, 0.5) is 5.69 Å². The number of hydrogen-bond donors (Lipinski definition) is 1. The highest BCUT2D eigenvalue weighted by Gasteiger charge is 2.29. The maximum absolute atomic E-state index is 6.14. The number of aromatic nitrogens is 1. The zero-order valence-corrected chi connectivity index (χ0v) is 12.4. The number of aryl methyl sites for hydroxylation is 1. The first-order valence-electron chi connectivity index (χ1n) is 6.10. The maximum atomic E-state index is 6.14. The summed E-state index contributed by atoms with van der Waals surface area (Å²) >= 11 is 12.0. The fourth-order valence-corrected chi connectivity index (χ4v) is 2.91. The zero-order valence-electron chi connectivity index (χ0n) is 10.9. The summed E-state index contributed by atoms with van der Waals surface area (Å²) in [5.74, 6) is 0. The molecule has 1 aromatic rings. The molecule has 1 aliphatic rings. The third-order valence-electron chi connectivity index (χ3n) is 3.19. The number of halogens is 2. The fraction of sp³-hybridized carbons (Fsp3) is 0.615. The molecular formula is C13H18Cl2N2O. The van der Waals surface area contributed by atoms with Crippen molar-refractivity contribution in [1.82, 2.24) is 4.98 Å². The van der Waals surface area contributed by atoms with Crippen LogP contribution in [-0.4, -0.2) is 23.2 Å². The van der Waals surface area contributed by atoms with E-state index in [1.54, 1.807) is 0 Å². The number of ether oxygens (including phenoxy) is 1. The first-order valence-corrected chi connectivity index (χ1v) is 6.86. The monoisotopic (exact) mass is 288 g/mol. The summed E-state index contributed by atoms with van der Waals surface area (Å²) in [6, 6.07) is 2.17. The molecule has 100 valence electrons. The van der Waals surface area contributed by atoms with Crippen molar-refractivity contribution in [2.24, 2.45) is 0 Å². The second kappa shape index (κ2) is 5.24. The Kier molecular flexibility index (Phi) is 4.05. The Labute approximate surface area is 118 Å². The van der Waals surface area contributed by atoms with E-state index in [9.17, 15) is 0 Å². The number of anilines is 1. The lowest BCUT2D eigenvalue weighted by molar-refractivity contribution is -0.0553. The summed E-state index contributed by atoms with van der Waals surface area (Å²) in [5, 5.41) is 4.33. The van der Waals surface area contributed by atoms with Gasteiger partial charge in [-0.3, -0.25) is 0 Å². The molecule has 1 aliphatic heterocycles. The lowest BCUT2D eigenvalue weighted by atomic mass is 9.93. The van der Waals surface area contributed by atoms with Crippen molar-refractivity contribution in [3.63, 3.8) is 0 Å². The molecule has 0 radical (unpaired) electrons. The van der Waals surface area contributed by atoms with Gasteiger partial charge in [-0.05, 0) is 45.2 Å². The average Bonchev–Trinajstić information content (AvgIpc) is 2.22. The van der Waals surface area contributed by atoms with Gasteiger partial charge >= 0.3 is 0 Å². The Hall–Kier alpha value is -0.510. The van der Waals surface area contributed by atoms with E-state index in [0.717, 1.165) is 30.7 Å². The van der Waals surface area contributed by atoms with E-state index in [0.29, 0.717) is 16.3 Å². The van der Waals surface area contributed by atoms with Gasteiger partial charge in [-0.1, -0.05) is 23.2 Å². The van der Waals surface area contributed by atoms with Crippen LogP contribution in [0, 0.1) is 6.92 Å². The molecule has 1 unspecified atom stereocenters. The first-order chi connectivity index (χ1) is 8.37. The minimum Gasteiger partial charge on any atom is -0.379 e. The molecule has 0 aliphatic carbocycles. The highest BCUT2D eigenvalue weighted by molar-refractivity contribution is 6.34. The molecule has 1 aromatic heterocycles. The summed E-state index contributed by atoms with van der Waals surface area (Å²) in [6.07, 6.45) is 1.92. The van der Waals surface area contributed by atoms with E-state index in [4.69, 9.17) is 27.9 Å². The second-order valence-electron chi connectivity index (χ2n) is 5.37. The molecular weight excluding hydrogens is 271 g/mol. The summed E-state index contributed by atoms with van der Waals surface area (Å²) < 4.78 is 5.70. The highest BCUT2D eigenvalue weighted by atomic mass is 35.5. The Balaban J connectivity index is 2.14. The summed E-state index contributed by atoms with van der Waals surface area (Å²) in [6.45, 7) is 6.96. The SMILES string of the molecule is Cc1cc(Cl)nc(Cl)c1NC1CCOC(C)(C)C1. The zero-order chi connectivity index (χ0) is 13.3. The van der Waals surface area contributed by atoms with Crippen LogP contribution in [0.15, 0.2) is 6.07 Å². The van der Waals surface area contributed by atoms with E-state index < -0.39 is 0 Å². The molecule has 2 heterocycles. The van der Waals surface area contributed by atoms with E-state index in [-0.39, 0.29) is 5.60 Å². The van der Waals surface area contributed by atoms with Gasteiger partial charge in [-0.2, -0.15) is 0 Å². The topological polar surface area (TPSA) is 34.2 Å². The predicted octanol–water partition coefficient (Wildman–Crippen LogP) is 4.07. The molecule has 18 heavy (non-hydrogen) atoms. The van der Waals surface area contributed by atoms with Gasteiger partial charge in [-0.25, -0.2) is 4.98 Å². The summed E-state index contributed by atoms with van der Waals surface area (Å²) in [4.78, 5) is 4.07. The normalized spacial score (nSPS) is 22.8. The van der Waals surface area contributed by atoms with Crippen molar-refractivity contribution in [3.8, 4) is 0 Å². The van der Waals surface area contributed by atoms with Crippen molar-refractivity contribution >= 4 is 28.9 Å². The molecule has 1 fully saturated rings. The van der Waals surface area contributed by atoms with Gasteiger partial charge in [0.05, 0.1) is 11.3 Å². The minimum atomic E-state index is -0.0872. The van der Waals surface area contributed by atoms with Gasteiger partial charge in [-0.15, -0.1) is 0 Å². The van der Waals surface area contributed by atoms with E-state index in [1.807, 2.05) is 13.0 Å². The van der Waals surface area contributed by atoms with Crippen molar-refractivity contribution < 1.29 is 4.74 Å². The largest absolute Gasteiger partial charge is 0.379 e. The van der Waals surface area contributed by atoms with Gasteiger partial charge in [0.25, 0.3) is 0 Å². The lowest BCUT2D eigenvalue weighted by Crippen LogP contribution is -2.40. The average molecular weight is 289 g/mol. The minimum absolute atomic E-state index is 0.0872. The molecule has 0 bridgehead atoms. The van der Waals surface area contributed by atoms with Gasteiger partial charge in [0, 0.05) is 12.6 Å². The first kappa shape index (κ1) is 13.9. The van der Waals surface area contributed by atoms with Crippen LogP contribution in [0.2, 0.25) is 10.3 Å². The van der Waals surface area contributed by atoms with Crippen molar-refractivity contribution in [1.29, 1.82) is 0 Å². The predicted molar refractivity (Wildman–Crippen MR) is 75.7 cm³/mol. The number of hydrogen-bond acceptors (Lipinski definition) is 3. The van der Waals surface area contributed by atoms with Crippen LogP contribution in [0.5, 0.6) is 0 Å². The van der Waals surface area contributed by atoms with Crippen LogP contribution in [0.3, 0.4) is 0 Å². The molecule has 0 saturated carbocycles. The molecule has 3 nitrogen and oxygen atoms in total. The Morgan fingerprint density at radius 2 is 2.17 bits per heavy atom. The highest BCUT2D eigenvalue weighted by Crippen LogP contribution is 2.31.